The van der Waals surface area contributed by atoms with Gasteiger partial charge in [-0.25, -0.2) is 0 Å². The monoisotopic (exact) mass is 343 g/mol. The summed E-state index contributed by atoms with van der Waals surface area (Å²) in [6, 6.07) is -0.241. The highest BCUT2D eigenvalue weighted by Crippen LogP contribution is 2.32. The first kappa shape index (κ1) is 18.8. The standard InChI is InChI=1S/C16H23Cl2N3O/c1-8(2)15-13(7-14(19)22)21-12(6-10(4)18)11(16(15)20)5-9(3)17/h5-6,8-9,13,15,20-21H,4,7H2,1-3H3,(H2,19,22)/b11-5+,12-6+,20-16?. The topological polar surface area (TPSA) is 79.0 Å². The summed E-state index contributed by atoms with van der Waals surface area (Å²) in [6.07, 6.45) is 3.60. The van der Waals surface area contributed by atoms with Crippen molar-refractivity contribution in [3.8, 4) is 0 Å². The predicted molar refractivity (Wildman–Crippen MR) is 93.3 cm³/mol. The zero-order valence-electron chi connectivity index (χ0n) is 13.1. The van der Waals surface area contributed by atoms with E-state index in [1.807, 2.05) is 20.8 Å². The second-order valence-corrected chi connectivity index (χ2v) is 7.04. The summed E-state index contributed by atoms with van der Waals surface area (Å²) in [7, 11) is 0. The molecule has 1 rings (SSSR count). The minimum atomic E-state index is -0.404. The van der Waals surface area contributed by atoms with Gasteiger partial charge in [-0.1, -0.05) is 38.1 Å². The maximum absolute atomic E-state index is 11.3. The molecule has 1 heterocycles. The molecule has 3 atom stereocenters. The lowest BCUT2D eigenvalue weighted by Gasteiger charge is -2.39. The molecular formula is C16H23Cl2N3O. The van der Waals surface area contributed by atoms with Crippen molar-refractivity contribution in [2.24, 2.45) is 17.6 Å². The number of amides is 1. The zero-order valence-corrected chi connectivity index (χ0v) is 14.6. The molecule has 1 aliphatic rings. The minimum absolute atomic E-state index is 0.130. The highest BCUT2D eigenvalue weighted by atomic mass is 35.5. The van der Waals surface area contributed by atoms with E-state index in [1.54, 1.807) is 12.2 Å². The Morgan fingerprint density at radius 3 is 2.50 bits per heavy atom. The van der Waals surface area contributed by atoms with E-state index in [1.165, 1.54) is 0 Å². The molecule has 3 unspecified atom stereocenters. The summed E-state index contributed by atoms with van der Waals surface area (Å²) >= 11 is 11.9. The normalized spacial score (nSPS) is 27.1. The Labute approximate surface area is 141 Å². The summed E-state index contributed by atoms with van der Waals surface area (Å²) in [6.45, 7) is 9.52. The van der Waals surface area contributed by atoms with Gasteiger partial charge >= 0.3 is 0 Å². The lowest BCUT2D eigenvalue weighted by Crippen LogP contribution is -2.50. The third kappa shape index (κ3) is 4.89. The fourth-order valence-corrected chi connectivity index (χ4v) is 3.01. The van der Waals surface area contributed by atoms with Crippen LogP contribution in [0.25, 0.3) is 0 Å². The second kappa shape index (κ2) is 7.84. The van der Waals surface area contributed by atoms with Gasteiger partial charge in [0, 0.05) is 45.8 Å². The average Bonchev–Trinajstić information content (AvgIpc) is 2.31. The molecular weight excluding hydrogens is 321 g/mol. The Kier molecular flexibility index (Phi) is 6.69. The van der Waals surface area contributed by atoms with Gasteiger partial charge in [-0.15, -0.1) is 11.6 Å². The molecule has 0 aromatic carbocycles. The quantitative estimate of drug-likeness (QED) is 0.669. The molecule has 4 N–H and O–H groups in total. The lowest BCUT2D eigenvalue weighted by molar-refractivity contribution is -0.118. The first-order valence-electron chi connectivity index (χ1n) is 7.19. The summed E-state index contributed by atoms with van der Waals surface area (Å²) in [4.78, 5) is 11.3. The van der Waals surface area contributed by atoms with Crippen LogP contribution in [0.2, 0.25) is 0 Å². The molecule has 0 spiro atoms. The number of nitrogens with one attached hydrogen (secondary N) is 2. The number of carbonyl (C=O) groups excluding carboxylic acids is 1. The number of rotatable bonds is 5. The van der Waals surface area contributed by atoms with E-state index in [0.29, 0.717) is 22.0 Å². The first-order valence-corrected chi connectivity index (χ1v) is 8.01. The number of nitrogens with two attached hydrogens (primary N) is 1. The average molecular weight is 344 g/mol. The fourth-order valence-electron chi connectivity index (χ4n) is 2.77. The van der Waals surface area contributed by atoms with E-state index in [9.17, 15) is 4.79 Å². The van der Waals surface area contributed by atoms with Crippen LogP contribution in [0.3, 0.4) is 0 Å². The van der Waals surface area contributed by atoms with Crippen LogP contribution in [0, 0.1) is 17.2 Å². The maximum atomic E-state index is 11.3. The van der Waals surface area contributed by atoms with Crippen LogP contribution in [0.1, 0.15) is 27.2 Å². The van der Waals surface area contributed by atoms with Crippen LogP contribution in [0.15, 0.2) is 35.0 Å². The van der Waals surface area contributed by atoms with Crippen LogP contribution in [0.4, 0.5) is 0 Å². The van der Waals surface area contributed by atoms with Crippen LogP contribution in [-0.2, 0) is 4.79 Å². The molecule has 0 aliphatic carbocycles. The molecule has 0 aromatic heterocycles. The number of alkyl halides is 1. The Morgan fingerprint density at radius 1 is 1.50 bits per heavy atom. The fraction of sp³-hybridized carbons (Fsp3) is 0.500. The molecule has 22 heavy (non-hydrogen) atoms. The van der Waals surface area contributed by atoms with Crippen LogP contribution >= 0.6 is 23.2 Å². The number of carbonyl (C=O) groups is 1. The highest BCUT2D eigenvalue weighted by molar-refractivity contribution is 6.31. The Bertz CT molecular complexity index is 536. The van der Waals surface area contributed by atoms with E-state index in [-0.39, 0.29) is 29.7 Å². The molecule has 6 heteroatoms. The summed E-state index contributed by atoms with van der Waals surface area (Å²) < 4.78 is 0. The van der Waals surface area contributed by atoms with Crippen LogP contribution in [0.5, 0.6) is 0 Å². The van der Waals surface area contributed by atoms with Gasteiger partial charge in [-0.2, -0.15) is 0 Å². The lowest BCUT2D eigenvalue weighted by atomic mass is 9.76. The minimum Gasteiger partial charge on any atom is -0.381 e. The van der Waals surface area contributed by atoms with Gasteiger partial charge in [0.05, 0.1) is 0 Å². The number of piperidine rings is 1. The van der Waals surface area contributed by atoms with Gasteiger partial charge in [0.25, 0.3) is 0 Å². The molecule has 122 valence electrons. The largest absolute Gasteiger partial charge is 0.381 e. The van der Waals surface area contributed by atoms with Crippen molar-refractivity contribution >= 4 is 34.8 Å². The third-order valence-corrected chi connectivity index (χ3v) is 3.76. The van der Waals surface area contributed by atoms with Gasteiger partial charge in [-0.3, -0.25) is 4.79 Å². The van der Waals surface area contributed by atoms with E-state index in [2.05, 4.69) is 11.9 Å². The number of halogens is 2. The molecule has 1 saturated heterocycles. The highest BCUT2D eigenvalue weighted by Gasteiger charge is 2.37. The summed E-state index contributed by atoms with van der Waals surface area (Å²) in [5.74, 6) is -0.354. The van der Waals surface area contributed by atoms with Crippen LogP contribution in [-0.4, -0.2) is 23.0 Å². The predicted octanol–water partition coefficient (Wildman–Crippen LogP) is 3.32. The van der Waals surface area contributed by atoms with Gasteiger partial charge < -0.3 is 16.5 Å². The smallest absolute Gasteiger partial charge is 0.219 e. The molecule has 4 nitrogen and oxygen atoms in total. The summed E-state index contributed by atoms with van der Waals surface area (Å²) in [5.41, 5.74) is 7.14. The van der Waals surface area contributed by atoms with Gasteiger partial charge in [-0.05, 0) is 18.9 Å². The number of allylic oxidation sites excluding steroid dienone is 4. The Hall–Kier alpha value is -1.26. The molecule has 1 amide bonds. The SMILES string of the molecule is C=C(Cl)/C=C1/NC(CC(N)=O)C(C(C)C)C(=N)/C1=C/C(C)Cl. The van der Waals surface area contributed by atoms with E-state index in [0.717, 1.165) is 0 Å². The van der Waals surface area contributed by atoms with Gasteiger partial charge in [0.2, 0.25) is 5.91 Å². The maximum Gasteiger partial charge on any atom is 0.219 e. The van der Waals surface area contributed by atoms with Crippen molar-refractivity contribution in [2.45, 2.75) is 38.6 Å². The first-order chi connectivity index (χ1) is 10.1. The van der Waals surface area contributed by atoms with Crippen LogP contribution < -0.4 is 11.1 Å². The van der Waals surface area contributed by atoms with Crippen molar-refractivity contribution < 1.29 is 4.79 Å². The van der Waals surface area contributed by atoms with Crippen molar-refractivity contribution in [3.63, 3.8) is 0 Å². The number of hydrogen-bond acceptors (Lipinski definition) is 3. The van der Waals surface area contributed by atoms with Crippen molar-refractivity contribution in [1.29, 1.82) is 5.41 Å². The molecule has 0 aromatic rings. The molecule has 0 saturated carbocycles. The Balaban J connectivity index is 3.32. The zero-order chi connectivity index (χ0) is 17.0. The van der Waals surface area contributed by atoms with Crippen molar-refractivity contribution in [3.05, 3.63) is 35.0 Å². The van der Waals surface area contributed by atoms with E-state index < -0.39 is 5.91 Å². The Morgan fingerprint density at radius 2 is 2.09 bits per heavy atom. The number of primary amides is 1. The van der Waals surface area contributed by atoms with Crippen molar-refractivity contribution in [2.75, 3.05) is 0 Å². The molecule has 0 bridgehead atoms. The number of hydrogen-bond donors (Lipinski definition) is 3. The van der Waals surface area contributed by atoms with E-state index in [4.69, 9.17) is 34.3 Å². The summed E-state index contributed by atoms with van der Waals surface area (Å²) in [5, 5.41) is 11.9. The van der Waals surface area contributed by atoms with E-state index >= 15 is 0 Å². The molecule has 1 fully saturated rings. The molecule has 0 radical (unpaired) electrons. The molecule has 1 aliphatic heterocycles. The van der Waals surface area contributed by atoms with Crippen molar-refractivity contribution in [1.82, 2.24) is 5.32 Å². The van der Waals surface area contributed by atoms with Gasteiger partial charge in [0.15, 0.2) is 0 Å². The second-order valence-electron chi connectivity index (χ2n) is 5.87. The third-order valence-electron chi connectivity index (χ3n) is 3.52. The van der Waals surface area contributed by atoms with Gasteiger partial charge in [0.1, 0.15) is 0 Å².